The van der Waals surface area contributed by atoms with Crippen molar-refractivity contribution >= 4 is 11.7 Å². The van der Waals surface area contributed by atoms with Crippen LogP contribution in [0.3, 0.4) is 0 Å². The number of anilines is 1. The van der Waals surface area contributed by atoms with Crippen LogP contribution in [0.1, 0.15) is 40.5 Å². The zero-order chi connectivity index (χ0) is 19.6. The summed E-state index contributed by atoms with van der Waals surface area (Å²) in [6.07, 6.45) is -1.56. The minimum atomic E-state index is -4.53. The predicted molar refractivity (Wildman–Crippen MR) is 92.4 cm³/mol. The summed E-state index contributed by atoms with van der Waals surface area (Å²) in [7, 11) is 1.31. The number of carbonyl (C=O) groups excluding carboxylic acids is 1. The van der Waals surface area contributed by atoms with Crippen LogP contribution in [-0.2, 0) is 10.9 Å². The number of halogens is 3. The SMILES string of the molecule is COC(=O)c1cccn1C1CCN(c2ccc(C#N)cc2C(F)(F)F)CC1. The van der Waals surface area contributed by atoms with Crippen molar-refractivity contribution in [2.75, 3.05) is 25.1 Å². The number of rotatable bonds is 3. The summed E-state index contributed by atoms with van der Waals surface area (Å²) in [4.78, 5) is 13.5. The fourth-order valence-electron chi connectivity index (χ4n) is 3.48. The number of alkyl halides is 3. The Morgan fingerprint density at radius 1 is 1.26 bits per heavy atom. The maximum Gasteiger partial charge on any atom is 0.418 e. The van der Waals surface area contributed by atoms with Gasteiger partial charge in [-0.25, -0.2) is 4.79 Å². The molecule has 0 radical (unpaired) electrons. The van der Waals surface area contributed by atoms with Gasteiger partial charge in [-0.1, -0.05) is 0 Å². The van der Waals surface area contributed by atoms with E-state index < -0.39 is 17.7 Å². The molecule has 1 aliphatic heterocycles. The molecule has 0 spiro atoms. The van der Waals surface area contributed by atoms with Crippen molar-refractivity contribution < 1.29 is 22.7 Å². The number of esters is 1. The van der Waals surface area contributed by atoms with Gasteiger partial charge in [0.1, 0.15) is 5.69 Å². The van der Waals surface area contributed by atoms with Crippen LogP contribution in [0.2, 0.25) is 0 Å². The topological polar surface area (TPSA) is 58.3 Å². The first-order valence-corrected chi connectivity index (χ1v) is 8.46. The number of nitrogens with zero attached hydrogens (tertiary/aromatic N) is 3. The van der Waals surface area contributed by atoms with E-state index in [2.05, 4.69) is 0 Å². The van der Waals surface area contributed by atoms with E-state index in [-0.39, 0.29) is 17.3 Å². The molecule has 142 valence electrons. The third-order valence-corrected chi connectivity index (χ3v) is 4.80. The van der Waals surface area contributed by atoms with E-state index in [9.17, 15) is 18.0 Å². The van der Waals surface area contributed by atoms with Crippen LogP contribution in [-0.4, -0.2) is 30.7 Å². The van der Waals surface area contributed by atoms with E-state index in [1.165, 1.54) is 19.2 Å². The molecule has 0 unspecified atom stereocenters. The maximum atomic E-state index is 13.4. The second kappa shape index (κ2) is 7.35. The largest absolute Gasteiger partial charge is 0.464 e. The molecule has 1 fully saturated rings. The number of methoxy groups -OCH3 is 1. The molecule has 0 N–H and O–H groups in total. The Hall–Kier alpha value is -2.95. The van der Waals surface area contributed by atoms with Crippen LogP contribution in [0.25, 0.3) is 0 Å². The molecule has 1 aliphatic rings. The summed E-state index contributed by atoms with van der Waals surface area (Å²) in [5.41, 5.74) is -0.293. The number of ether oxygens (including phenoxy) is 1. The van der Waals surface area contributed by atoms with Gasteiger partial charge in [0.25, 0.3) is 0 Å². The summed E-state index contributed by atoms with van der Waals surface area (Å²) < 4.78 is 46.8. The van der Waals surface area contributed by atoms with Gasteiger partial charge >= 0.3 is 12.1 Å². The number of aromatic nitrogens is 1. The molecular formula is C19H18F3N3O2. The Morgan fingerprint density at radius 2 is 1.96 bits per heavy atom. The Labute approximate surface area is 154 Å². The Balaban J connectivity index is 1.80. The lowest BCUT2D eigenvalue weighted by Crippen LogP contribution is -2.36. The highest BCUT2D eigenvalue weighted by molar-refractivity contribution is 5.87. The maximum absolute atomic E-state index is 13.4. The van der Waals surface area contributed by atoms with E-state index in [0.29, 0.717) is 31.6 Å². The predicted octanol–water partition coefficient (Wildman–Crippen LogP) is 4.01. The molecule has 0 aliphatic carbocycles. The molecule has 27 heavy (non-hydrogen) atoms. The summed E-state index contributed by atoms with van der Waals surface area (Å²) in [6.45, 7) is 0.830. The molecule has 5 nitrogen and oxygen atoms in total. The first kappa shape index (κ1) is 18.8. The second-order valence-corrected chi connectivity index (χ2v) is 6.35. The van der Waals surface area contributed by atoms with Crippen molar-refractivity contribution in [3.63, 3.8) is 0 Å². The molecule has 0 saturated carbocycles. The molecule has 0 amide bonds. The van der Waals surface area contributed by atoms with Crippen LogP contribution in [0.5, 0.6) is 0 Å². The smallest absolute Gasteiger partial charge is 0.418 e. The average molecular weight is 377 g/mol. The number of piperidine rings is 1. The second-order valence-electron chi connectivity index (χ2n) is 6.35. The lowest BCUT2D eigenvalue weighted by molar-refractivity contribution is -0.137. The van der Waals surface area contributed by atoms with Crippen LogP contribution < -0.4 is 4.90 Å². The van der Waals surface area contributed by atoms with Crippen molar-refractivity contribution in [2.45, 2.75) is 25.1 Å². The monoisotopic (exact) mass is 377 g/mol. The Morgan fingerprint density at radius 3 is 2.56 bits per heavy atom. The molecule has 0 bridgehead atoms. The standard InChI is InChI=1S/C19H18F3N3O2/c1-27-18(26)17-3-2-8-25(17)14-6-9-24(10-7-14)16-5-4-13(12-23)11-15(16)19(20,21)22/h2-5,8,11,14H,6-7,9-10H2,1H3. The molecule has 8 heteroatoms. The normalized spacial score (nSPS) is 15.4. The van der Waals surface area contributed by atoms with E-state index in [0.717, 1.165) is 6.07 Å². The van der Waals surface area contributed by atoms with E-state index in [1.807, 2.05) is 4.57 Å². The van der Waals surface area contributed by atoms with Gasteiger partial charge in [-0.05, 0) is 43.2 Å². The minimum absolute atomic E-state index is 0.0121. The zero-order valence-electron chi connectivity index (χ0n) is 14.7. The van der Waals surface area contributed by atoms with Crippen molar-refractivity contribution in [1.29, 1.82) is 5.26 Å². The Bertz CT molecular complexity index is 875. The highest BCUT2D eigenvalue weighted by Gasteiger charge is 2.36. The van der Waals surface area contributed by atoms with Crippen molar-refractivity contribution in [2.24, 2.45) is 0 Å². The number of carbonyl (C=O) groups is 1. The highest BCUT2D eigenvalue weighted by Crippen LogP contribution is 2.39. The quantitative estimate of drug-likeness (QED) is 0.759. The lowest BCUT2D eigenvalue weighted by atomic mass is 10.0. The summed E-state index contributed by atoms with van der Waals surface area (Å²) >= 11 is 0. The number of hydrogen-bond acceptors (Lipinski definition) is 4. The Kier molecular flexibility index (Phi) is 5.13. The lowest BCUT2D eigenvalue weighted by Gasteiger charge is -2.36. The first-order valence-electron chi connectivity index (χ1n) is 8.46. The van der Waals surface area contributed by atoms with Gasteiger partial charge in [-0.15, -0.1) is 0 Å². The van der Waals surface area contributed by atoms with E-state index >= 15 is 0 Å². The average Bonchev–Trinajstić information content (AvgIpc) is 3.16. The van der Waals surface area contributed by atoms with Crippen LogP contribution in [0.15, 0.2) is 36.5 Å². The number of benzene rings is 1. The van der Waals surface area contributed by atoms with Gasteiger partial charge < -0.3 is 14.2 Å². The molecule has 1 aromatic heterocycles. The molecule has 2 heterocycles. The van der Waals surface area contributed by atoms with Crippen LogP contribution >= 0.6 is 0 Å². The minimum Gasteiger partial charge on any atom is -0.464 e. The van der Waals surface area contributed by atoms with Gasteiger partial charge in [0.05, 0.1) is 24.3 Å². The molecule has 2 aromatic rings. The van der Waals surface area contributed by atoms with Crippen LogP contribution in [0, 0.1) is 11.3 Å². The third-order valence-electron chi connectivity index (χ3n) is 4.80. The van der Waals surface area contributed by atoms with Crippen LogP contribution in [0.4, 0.5) is 18.9 Å². The molecule has 0 atom stereocenters. The van der Waals surface area contributed by atoms with Gasteiger partial charge in [0.2, 0.25) is 0 Å². The van der Waals surface area contributed by atoms with E-state index in [1.54, 1.807) is 29.3 Å². The summed E-state index contributed by atoms with van der Waals surface area (Å²) in [5, 5.41) is 8.89. The molecule has 1 saturated heterocycles. The fraction of sp³-hybridized carbons (Fsp3) is 0.368. The van der Waals surface area contributed by atoms with Crippen molar-refractivity contribution in [3.8, 4) is 6.07 Å². The van der Waals surface area contributed by atoms with Crippen molar-refractivity contribution in [1.82, 2.24) is 4.57 Å². The number of hydrogen-bond donors (Lipinski definition) is 0. The fourth-order valence-corrected chi connectivity index (χ4v) is 3.48. The molecule has 3 rings (SSSR count). The van der Waals surface area contributed by atoms with Gasteiger partial charge in [-0.2, -0.15) is 18.4 Å². The first-order chi connectivity index (χ1) is 12.8. The molecular weight excluding hydrogens is 359 g/mol. The van der Waals surface area contributed by atoms with Gasteiger partial charge in [-0.3, -0.25) is 0 Å². The zero-order valence-corrected chi connectivity index (χ0v) is 14.7. The number of nitriles is 1. The van der Waals surface area contributed by atoms with E-state index in [4.69, 9.17) is 10.00 Å². The summed E-state index contributed by atoms with van der Waals surface area (Å²) in [6, 6.07) is 8.83. The van der Waals surface area contributed by atoms with Gasteiger partial charge in [0.15, 0.2) is 0 Å². The van der Waals surface area contributed by atoms with Gasteiger partial charge in [0, 0.05) is 31.0 Å². The molecule has 1 aromatic carbocycles. The third kappa shape index (κ3) is 3.77. The highest BCUT2D eigenvalue weighted by atomic mass is 19.4. The van der Waals surface area contributed by atoms with Crippen molar-refractivity contribution in [3.05, 3.63) is 53.3 Å². The summed E-state index contributed by atoms with van der Waals surface area (Å²) in [5.74, 6) is -0.436.